The fourth-order valence-electron chi connectivity index (χ4n) is 2.02. The van der Waals surface area contributed by atoms with E-state index >= 15 is 0 Å². The van der Waals surface area contributed by atoms with Gasteiger partial charge in [0.2, 0.25) is 5.91 Å². The molecular weight excluding hydrogens is 289 g/mol. The van der Waals surface area contributed by atoms with Crippen molar-refractivity contribution in [3.05, 3.63) is 17.5 Å². The van der Waals surface area contributed by atoms with Gasteiger partial charge in [0, 0.05) is 13.6 Å². The summed E-state index contributed by atoms with van der Waals surface area (Å²) in [5.41, 5.74) is -1.72. The minimum absolute atomic E-state index is 0.128. The van der Waals surface area contributed by atoms with E-state index in [1.165, 1.54) is 7.05 Å². The van der Waals surface area contributed by atoms with E-state index in [1.807, 2.05) is 0 Å². The summed E-state index contributed by atoms with van der Waals surface area (Å²) in [6.45, 7) is 3.26. The second kappa shape index (κ2) is 4.74. The number of imide groups is 1. The zero-order chi connectivity index (χ0) is 16.0. The Morgan fingerprint density at radius 3 is 2.52 bits per heavy atom. The topological polar surface area (TPSA) is 67.2 Å². The van der Waals surface area contributed by atoms with E-state index < -0.39 is 29.2 Å². The molecule has 1 aliphatic rings. The van der Waals surface area contributed by atoms with Crippen LogP contribution in [0.4, 0.5) is 18.0 Å². The molecular formula is C12H15F3N4O2. The molecule has 116 valence electrons. The van der Waals surface area contributed by atoms with Gasteiger partial charge in [0.15, 0.2) is 5.69 Å². The predicted molar refractivity (Wildman–Crippen MR) is 65.9 cm³/mol. The van der Waals surface area contributed by atoms with Crippen LogP contribution in [0.1, 0.15) is 25.2 Å². The number of carbonyl (C=O) groups excluding carboxylic acids is 2. The van der Waals surface area contributed by atoms with Crippen molar-refractivity contribution in [2.24, 2.45) is 12.5 Å². The molecule has 6 nitrogen and oxygen atoms in total. The molecule has 0 bridgehead atoms. The van der Waals surface area contributed by atoms with Crippen molar-refractivity contribution in [3.8, 4) is 0 Å². The molecule has 1 aromatic heterocycles. The molecule has 0 unspecified atom stereocenters. The molecule has 1 aliphatic heterocycles. The van der Waals surface area contributed by atoms with Crippen LogP contribution < -0.4 is 5.32 Å². The Kier molecular flexibility index (Phi) is 3.46. The van der Waals surface area contributed by atoms with Crippen molar-refractivity contribution in [2.75, 3.05) is 6.54 Å². The maximum Gasteiger partial charge on any atom is 0.435 e. The van der Waals surface area contributed by atoms with Gasteiger partial charge in [-0.3, -0.25) is 14.4 Å². The number of aromatic nitrogens is 2. The van der Waals surface area contributed by atoms with E-state index in [0.29, 0.717) is 0 Å². The Labute approximate surface area is 118 Å². The van der Waals surface area contributed by atoms with Crippen LogP contribution in [-0.2, 0) is 24.6 Å². The van der Waals surface area contributed by atoms with Gasteiger partial charge in [0.1, 0.15) is 0 Å². The first-order valence-electron chi connectivity index (χ1n) is 6.22. The quantitative estimate of drug-likeness (QED) is 0.900. The fraction of sp³-hybridized carbons (Fsp3) is 0.583. The molecule has 1 saturated heterocycles. The minimum Gasteiger partial charge on any atom is -0.337 e. The van der Waals surface area contributed by atoms with E-state index in [4.69, 9.17) is 0 Å². The zero-order valence-electron chi connectivity index (χ0n) is 11.8. The van der Waals surface area contributed by atoms with Gasteiger partial charge < -0.3 is 5.32 Å². The van der Waals surface area contributed by atoms with Crippen LogP contribution in [0.25, 0.3) is 0 Å². The summed E-state index contributed by atoms with van der Waals surface area (Å²) in [5.74, 6) is -0.430. The van der Waals surface area contributed by atoms with Crippen molar-refractivity contribution in [2.45, 2.75) is 26.6 Å². The first-order valence-corrected chi connectivity index (χ1v) is 6.22. The Balaban J connectivity index is 2.27. The summed E-state index contributed by atoms with van der Waals surface area (Å²) in [4.78, 5) is 24.8. The summed E-state index contributed by atoms with van der Waals surface area (Å²) in [5, 5.41) is 5.90. The molecule has 1 aromatic rings. The van der Waals surface area contributed by atoms with E-state index in [2.05, 4.69) is 10.4 Å². The highest BCUT2D eigenvalue weighted by Gasteiger charge is 2.41. The largest absolute Gasteiger partial charge is 0.435 e. The van der Waals surface area contributed by atoms with Crippen LogP contribution >= 0.6 is 0 Å². The number of halogens is 3. The monoisotopic (exact) mass is 304 g/mol. The smallest absolute Gasteiger partial charge is 0.337 e. The van der Waals surface area contributed by atoms with Gasteiger partial charge in [-0.1, -0.05) is 0 Å². The Morgan fingerprint density at radius 1 is 1.38 bits per heavy atom. The second-order valence-corrected chi connectivity index (χ2v) is 5.58. The third-order valence-corrected chi connectivity index (χ3v) is 3.34. The summed E-state index contributed by atoms with van der Waals surface area (Å²) in [6, 6.07) is 0.219. The number of amides is 3. The van der Waals surface area contributed by atoms with Gasteiger partial charge in [-0.15, -0.1) is 0 Å². The number of hydrogen-bond acceptors (Lipinski definition) is 3. The fourth-order valence-corrected chi connectivity index (χ4v) is 2.02. The van der Waals surface area contributed by atoms with Crippen LogP contribution in [-0.4, -0.2) is 33.2 Å². The molecule has 21 heavy (non-hydrogen) atoms. The highest BCUT2D eigenvalue weighted by atomic mass is 19.4. The van der Waals surface area contributed by atoms with Gasteiger partial charge in [-0.2, -0.15) is 18.3 Å². The first-order chi connectivity index (χ1) is 9.52. The van der Waals surface area contributed by atoms with Crippen molar-refractivity contribution in [1.29, 1.82) is 0 Å². The summed E-state index contributed by atoms with van der Waals surface area (Å²) in [7, 11) is 1.34. The molecule has 0 spiro atoms. The SMILES string of the molecule is Cn1nc(C(F)(F)F)cc1CN1C(=O)NCC(C)(C)C1=O. The molecule has 0 aromatic carbocycles. The highest BCUT2D eigenvalue weighted by molar-refractivity contribution is 5.99. The molecule has 9 heteroatoms. The number of carbonyl (C=O) groups is 2. The average Bonchev–Trinajstić information content (AvgIpc) is 2.72. The number of urea groups is 1. The number of rotatable bonds is 2. The van der Waals surface area contributed by atoms with Crippen LogP contribution in [0.15, 0.2) is 6.07 Å². The Morgan fingerprint density at radius 2 is 2.00 bits per heavy atom. The Hall–Kier alpha value is -2.06. The second-order valence-electron chi connectivity index (χ2n) is 5.58. The average molecular weight is 304 g/mol. The molecule has 0 saturated carbocycles. The first kappa shape index (κ1) is 15.3. The number of hydrogen-bond donors (Lipinski definition) is 1. The lowest BCUT2D eigenvalue weighted by molar-refractivity contribution is -0.141. The van der Waals surface area contributed by atoms with Crippen molar-refractivity contribution >= 4 is 11.9 Å². The lowest BCUT2D eigenvalue weighted by Crippen LogP contribution is -2.58. The molecule has 0 aliphatic carbocycles. The molecule has 0 radical (unpaired) electrons. The lowest BCUT2D eigenvalue weighted by Gasteiger charge is -2.36. The molecule has 1 fully saturated rings. The van der Waals surface area contributed by atoms with Crippen LogP contribution in [0.5, 0.6) is 0 Å². The van der Waals surface area contributed by atoms with Gasteiger partial charge in [0.05, 0.1) is 17.7 Å². The molecule has 2 rings (SSSR count). The summed E-state index contributed by atoms with van der Waals surface area (Å²) < 4.78 is 38.8. The zero-order valence-corrected chi connectivity index (χ0v) is 11.8. The van der Waals surface area contributed by atoms with Gasteiger partial charge in [0.25, 0.3) is 0 Å². The lowest BCUT2D eigenvalue weighted by atomic mass is 9.90. The van der Waals surface area contributed by atoms with Crippen LogP contribution in [0.2, 0.25) is 0 Å². The van der Waals surface area contributed by atoms with Crippen molar-refractivity contribution < 1.29 is 22.8 Å². The van der Waals surface area contributed by atoms with E-state index in [9.17, 15) is 22.8 Å². The van der Waals surface area contributed by atoms with E-state index in [-0.39, 0.29) is 18.8 Å². The van der Waals surface area contributed by atoms with Crippen molar-refractivity contribution in [3.63, 3.8) is 0 Å². The maximum atomic E-state index is 12.6. The van der Waals surface area contributed by atoms with Crippen molar-refractivity contribution in [1.82, 2.24) is 20.0 Å². The molecule has 0 atom stereocenters. The number of alkyl halides is 3. The van der Waals surface area contributed by atoms with Gasteiger partial charge in [-0.25, -0.2) is 4.79 Å². The summed E-state index contributed by atoms with van der Waals surface area (Å²) >= 11 is 0. The highest BCUT2D eigenvalue weighted by Crippen LogP contribution is 2.29. The number of aryl methyl sites for hydroxylation is 1. The minimum atomic E-state index is -4.57. The molecule has 2 heterocycles. The summed E-state index contributed by atoms with van der Waals surface area (Å²) in [6.07, 6.45) is -4.57. The van der Waals surface area contributed by atoms with Gasteiger partial charge in [-0.05, 0) is 19.9 Å². The standard InChI is InChI=1S/C12H15F3N4O2/c1-11(2)6-16-10(21)19(9(11)20)5-7-4-8(12(13,14)15)17-18(7)3/h4H,5-6H2,1-3H3,(H,16,21). The maximum absolute atomic E-state index is 12.6. The molecule has 3 amide bonds. The van der Waals surface area contributed by atoms with E-state index in [0.717, 1.165) is 15.6 Å². The third kappa shape index (κ3) is 2.86. The normalized spacial score (nSPS) is 18.9. The Bertz CT molecular complexity index is 592. The number of nitrogens with one attached hydrogen (secondary N) is 1. The van der Waals surface area contributed by atoms with Gasteiger partial charge >= 0.3 is 12.2 Å². The van der Waals surface area contributed by atoms with E-state index in [1.54, 1.807) is 13.8 Å². The van der Waals surface area contributed by atoms with Crippen LogP contribution in [0.3, 0.4) is 0 Å². The predicted octanol–water partition coefficient (Wildman–Crippen LogP) is 1.52. The number of nitrogens with zero attached hydrogens (tertiary/aromatic N) is 3. The van der Waals surface area contributed by atoms with Crippen LogP contribution in [0, 0.1) is 5.41 Å². The molecule has 1 N–H and O–H groups in total. The third-order valence-electron chi connectivity index (χ3n) is 3.34.